The second-order valence-corrected chi connectivity index (χ2v) is 6.03. The quantitative estimate of drug-likeness (QED) is 0.629. The number of allylic oxidation sites excluding steroid dienone is 2. The number of unbranched alkanes of at least 4 members (excludes halogenated alkanes) is 2. The summed E-state index contributed by atoms with van der Waals surface area (Å²) >= 11 is 0. The summed E-state index contributed by atoms with van der Waals surface area (Å²) in [5, 5.41) is 1.47. The average Bonchev–Trinajstić information content (AvgIpc) is 2.98. The van der Waals surface area contributed by atoms with Gasteiger partial charge in [0.05, 0.1) is 0 Å². The van der Waals surface area contributed by atoms with E-state index in [1.165, 1.54) is 60.6 Å². The topological polar surface area (TPSA) is 15.8 Å². The van der Waals surface area contributed by atoms with Gasteiger partial charge in [-0.15, -0.1) is 0 Å². The van der Waals surface area contributed by atoms with Crippen molar-refractivity contribution >= 4 is 16.5 Å². The lowest BCUT2D eigenvalue weighted by atomic mass is 9.77. The Hall–Kier alpha value is -1.50. The zero-order chi connectivity index (χ0) is 15.9. The van der Waals surface area contributed by atoms with Crippen molar-refractivity contribution in [3.63, 3.8) is 0 Å². The summed E-state index contributed by atoms with van der Waals surface area (Å²) in [6.07, 6.45) is 12.3. The maximum Gasteiger partial charge on any atom is 0.0462 e. The number of rotatable bonds is 5. The molecule has 0 amide bonds. The average molecular weight is 297 g/mol. The predicted molar refractivity (Wildman–Crippen MR) is 99.3 cm³/mol. The van der Waals surface area contributed by atoms with E-state index in [4.69, 9.17) is 0 Å². The highest BCUT2D eigenvalue weighted by molar-refractivity contribution is 5.97. The van der Waals surface area contributed by atoms with E-state index in [2.05, 4.69) is 49.3 Å². The number of H-pyrrole nitrogens is 1. The lowest BCUT2D eigenvalue weighted by Gasteiger charge is -2.26. The van der Waals surface area contributed by atoms with Crippen LogP contribution in [0.1, 0.15) is 70.9 Å². The minimum absolute atomic E-state index is 0.718. The molecule has 0 bridgehead atoms. The molecule has 0 saturated carbocycles. The maximum atomic E-state index is 3.45. The molecule has 1 heterocycles. The SMILES string of the molecule is CC.CCC/C=C1/c2cccc3[nH]cc(c23)CC1CCCC. The zero-order valence-corrected chi connectivity index (χ0v) is 14.7. The van der Waals surface area contributed by atoms with Crippen LogP contribution >= 0.6 is 0 Å². The molecule has 1 nitrogen and oxygen atoms in total. The number of hydrogen-bond acceptors (Lipinski definition) is 0. The van der Waals surface area contributed by atoms with E-state index in [-0.39, 0.29) is 0 Å². The van der Waals surface area contributed by atoms with Gasteiger partial charge in [-0.05, 0) is 47.9 Å². The van der Waals surface area contributed by atoms with E-state index in [1.807, 2.05) is 13.8 Å². The van der Waals surface area contributed by atoms with Crippen molar-refractivity contribution in [3.8, 4) is 0 Å². The molecule has 120 valence electrons. The van der Waals surface area contributed by atoms with Crippen molar-refractivity contribution < 1.29 is 0 Å². The molecule has 1 aromatic heterocycles. The van der Waals surface area contributed by atoms with Gasteiger partial charge in [0.1, 0.15) is 0 Å². The fraction of sp³-hybridized carbons (Fsp3) is 0.524. The zero-order valence-electron chi connectivity index (χ0n) is 14.7. The normalized spacial score (nSPS) is 18.4. The molecule has 0 saturated heterocycles. The highest BCUT2D eigenvalue weighted by Gasteiger charge is 2.25. The van der Waals surface area contributed by atoms with Crippen molar-refractivity contribution in [2.45, 2.75) is 66.2 Å². The molecule has 2 aromatic rings. The molecule has 0 aliphatic heterocycles. The smallest absolute Gasteiger partial charge is 0.0462 e. The van der Waals surface area contributed by atoms with Crippen molar-refractivity contribution in [3.05, 3.63) is 41.6 Å². The second kappa shape index (κ2) is 8.22. The van der Waals surface area contributed by atoms with Gasteiger partial charge >= 0.3 is 0 Å². The van der Waals surface area contributed by atoms with E-state index in [0.29, 0.717) is 0 Å². The third kappa shape index (κ3) is 3.29. The van der Waals surface area contributed by atoms with Crippen LogP contribution in [0.25, 0.3) is 16.5 Å². The van der Waals surface area contributed by atoms with Gasteiger partial charge in [0.25, 0.3) is 0 Å². The standard InChI is InChI=1S/C19H25N.C2H6/c1-3-5-8-14-12-15-13-20-18-11-7-10-17(19(15)18)16(14)9-6-4-2;1-2/h7,9-11,13-14,20H,3-6,8,12H2,1-2H3;1-2H3/b16-9+;. The predicted octanol–water partition coefficient (Wildman–Crippen LogP) is 6.74. The van der Waals surface area contributed by atoms with E-state index in [1.54, 1.807) is 5.57 Å². The van der Waals surface area contributed by atoms with Crippen molar-refractivity contribution in [1.82, 2.24) is 4.98 Å². The Kier molecular flexibility index (Phi) is 6.30. The van der Waals surface area contributed by atoms with Gasteiger partial charge in [-0.3, -0.25) is 0 Å². The second-order valence-electron chi connectivity index (χ2n) is 6.03. The minimum atomic E-state index is 0.718. The van der Waals surface area contributed by atoms with Gasteiger partial charge < -0.3 is 4.98 Å². The molecule has 1 aliphatic carbocycles. The summed E-state index contributed by atoms with van der Waals surface area (Å²) in [5.74, 6) is 0.718. The van der Waals surface area contributed by atoms with E-state index < -0.39 is 0 Å². The van der Waals surface area contributed by atoms with Gasteiger partial charge in [-0.25, -0.2) is 0 Å². The lowest BCUT2D eigenvalue weighted by Crippen LogP contribution is -2.12. The molecule has 0 fully saturated rings. The Balaban J connectivity index is 0.000000847. The third-order valence-electron chi connectivity index (χ3n) is 4.56. The molecular formula is C21H31N. The number of aromatic nitrogens is 1. The molecular weight excluding hydrogens is 266 g/mol. The number of hydrogen-bond donors (Lipinski definition) is 1. The third-order valence-corrected chi connectivity index (χ3v) is 4.56. The van der Waals surface area contributed by atoms with Gasteiger partial charge in [0.2, 0.25) is 0 Å². The van der Waals surface area contributed by atoms with Crippen LogP contribution < -0.4 is 0 Å². The molecule has 1 aliphatic rings. The fourth-order valence-electron chi connectivity index (χ4n) is 3.54. The molecule has 0 radical (unpaired) electrons. The Bertz CT molecular complexity index is 618. The van der Waals surface area contributed by atoms with Crippen LogP contribution in [0.3, 0.4) is 0 Å². The maximum absolute atomic E-state index is 3.45. The minimum Gasteiger partial charge on any atom is -0.361 e. The van der Waals surface area contributed by atoms with Crippen molar-refractivity contribution in [1.29, 1.82) is 0 Å². The summed E-state index contributed by atoms with van der Waals surface area (Å²) in [6.45, 7) is 8.56. The first-order valence-electron chi connectivity index (χ1n) is 9.14. The summed E-state index contributed by atoms with van der Waals surface area (Å²) < 4.78 is 0. The molecule has 1 heteroatoms. The Labute approximate surface area is 135 Å². The monoisotopic (exact) mass is 297 g/mol. The van der Waals surface area contributed by atoms with Gasteiger partial charge in [0, 0.05) is 17.1 Å². The summed E-state index contributed by atoms with van der Waals surface area (Å²) in [7, 11) is 0. The van der Waals surface area contributed by atoms with E-state index in [0.717, 1.165) is 5.92 Å². The molecule has 1 unspecified atom stereocenters. The summed E-state index contributed by atoms with van der Waals surface area (Å²) in [5.41, 5.74) is 5.91. The Morgan fingerprint density at radius 3 is 2.73 bits per heavy atom. The van der Waals surface area contributed by atoms with Gasteiger partial charge in [0.15, 0.2) is 0 Å². The molecule has 1 atom stereocenters. The number of benzene rings is 1. The largest absolute Gasteiger partial charge is 0.361 e. The van der Waals surface area contributed by atoms with E-state index in [9.17, 15) is 0 Å². The molecule has 3 rings (SSSR count). The molecule has 22 heavy (non-hydrogen) atoms. The highest BCUT2D eigenvalue weighted by atomic mass is 14.7. The van der Waals surface area contributed by atoms with Gasteiger partial charge in [-0.1, -0.05) is 65.2 Å². The Morgan fingerprint density at radius 2 is 2.00 bits per heavy atom. The van der Waals surface area contributed by atoms with E-state index >= 15 is 0 Å². The Morgan fingerprint density at radius 1 is 1.18 bits per heavy atom. The van der Waals surface area contributed by atoms with Crippen molar-refractivity contribution in [2.24, 2.45) is 5.92 Å². The summed E-state index contributed by atoms with van der Waals surface area (Å²) in [4.78, 5) is 3.45. The first-order chi connectivity index (χ1) is 10.8. The number of aromatic amines is 1. The fourth-order valence-corrected chi connectivity index (χ4v) is 3.54. The van der Waals surface area contributed by atoms with Crippen LogP contribution in [0, 0.1) is 5.92 Å². The van der Waals surface area contributed by atoms with Crippen LogP contribution in [0.5, 0.6) is 0 Å². The van der Waals surface area contributed by atoms with Gasteiger partial charge in [-0.2, -0.15) is 0 Å². The van der Waals surface area contributed by atoms with Crippen LogP contribution in [-0.4, -0.2) is 4.98 Å². The van der Waals surface area contributed by atoms with Crippen LogP contribution in [0.2, 0.25) is 0 Å². The highest BCUT2D eigenvalue weighted by Crippen LogP contribution is 2.41. The number of nitrogens with one attached hydrogen (secondary N) is 1. The van der Waals surface area contributed by atoms with Crippen LogP contribution in [0.4, 0.5) is 0 Å². The lowest BCUT2D eigenvalue weighted by molar-refractivity contribution is 0.563. The first kappa shape index (κ1) is 16.9. The molecule has 1 aromatic carbocycles. The van der Waals surface area contributed by atoms with Crippen LogP contribution in [-0.2, 0) is 6.42 Å². The van der Waals surface area contributed by atoms with Crippen molar-refractivity contribution in [2.75, 3.05) is 0 Å². The molecule has 1 N–H and O–H groups in total. The first-order valence-corrected chi connectivity index (χ1v) is 9.14. The summed E-state index contributed by atoms with van der Waals surface area (Å²) in [6, 6.07) is 6.71. The van der Waals surface area contributed by atoms with Crippen LogP contribution in [0.15, 0.2) is 30.5 Å². The molecule has 0 spiro atoms.